The van der Waals surface area contributed by atoms with Crippen molar-refractivity contribution >= 4 is 5.91 Å². The smallest absolute Gasteiger partial charge is 0.218 e. The second-order valence-electron chi connectivity index (χ2n) is 6.14. The number of hydrogen-bond acceptors (Lipinski definition) is 2. The van der Waals surface area contributed by atoms with Crippen LogP contribution >= 0.6 is 0 Å². The van der Waals surface area contributed by atoms with Crippen molar-refractivity contribution < 1.29 is 4.79 Å². The largest absolute Gasteiger partial charge is 0.349 e. The quantitative estimate of drug-likeness (QED) is 0.644. The lowest BCUT2D eigenvalue weighted by atomic mass is 10.2. The average Bonchev–Trinajstić information content (AvgIpc) is 2.41. The van der Waals surface area contributed by atoms with E-state index in [1.165, 1.54) is 17.4 Å². The molecule has 0 aliphatic rings. The van der Waals surface area contributed by atoms with Crippen molar-refractivity contribution in [3.63, 3.8) is 0 Å². The summed E-state index contributed by atoms with van der Waals surface area (Å²) in [7, 11) is 9.45. The highest BCUT2D eigenvalue weighted by molar-refractivity contribution is 5.72. The standard InChI is InChI=1S/C7H8.C4H9NO.C4H10.C3H9N.C2H4/c1-7-5-3-2-4-6-7;1-4(6)5(2)3;2*1-4(2)3;1-2/h2-6H,1H3;1-3H3;4H,1-3H3;1-3H3;1-2H2. The summed E-state index contributed by atoms with van der Waals surface area (Å²) in [4.78, 5) is 13.6. The monoisotopic (exact) mass is 324 g/mol. The summed E-state index contributed by atoms with van der Waals surface area (Å²) in [5.74, 6) is 0.926. The normalized spacial score (nSPS) is 8.00. The maximum absolute atomic E-state index is 10.1. The Morgan fingerprint density at radius 3 is 1.22 bits per heavy atom. The van der Waals surface area contributed by atoms with E-state index in [0.29, 0.717) is 0 Å². The predicted octanol–water partition coefficient (Wildman–Crippen LogP) is 4.73. The second-order valence-corrected chi connectivity index (χ2v) is 6.14. The van der Waals surface area contributed by atoms with Gasteiger partial charge in [0.05, 0.1) is 0 Å². The first kappa shape index (κ1) is 29.4. The molecule has 0 radical (unpaired) electrons. The number of hydrogen-bond donors (Lipinski definition) is 0. The van der Waals surface area contributed by atoms with Crippen molar-refractivity contribution in [2.45, 2.75) is 34.6 Å². The fraction of sp³-hybridized carbons (Fsp3) is 0.550. The van der Waals surface area contributed by atoms with Crippen LogP contribution in [0.4, 0.5) is 0 Å². The van der Waals surface area contributed by atoms with Crippen molar-refractivity contribution in [3.05, 3.63) is 49.1 Å². The van der Waals surface area contributed by atoms with Crippen molar-refractivity contribution in [1.29, 1.82) is 0 Å². The van der Waals surface area contributed by atoms with E-state index in [1.807, 2.05) is 44.2 Å². The Morgan fingerprint density at radius 1 is 0.913 bits per heavy atom. The Kier molecular flexibility index (Phi) is 29.0. The van der Waals surface area contributed by atoms with E-state index < -0.39 is 0 Å². The van der Waals surface area contributed by atoms with E-state index in [-0.39, 0.29) is 5.91 Å². The lowest BCUT2D eigenvalue weighted by Gasteiger charge is -2.02. The number of rotatable bonds is 0. The first-order valence-electron chi connectivity index (χ1n) is 7.81. The van der Waals surface area contributed by atoms with Crippen LogP contribution in [0.2, 0.25) is 0 Å². The predicted molar refractivity (Wildman–Crippen MR) is 107 cm³/mol. The van der Waals surface area contributed by atoms with Crippen molar-refractivity contribution in [1.82, 2.24) is 9.80 Å². The molecule has 1 amide bonds. The highest BCUT2D eigenvalue weighted by Gasteiger charge is 1.87. The molecule has 0 unspecified atom stereocenters. The molecule has 0 bridgehead atoms. The Labute approximate surface area is 146 Å². The topological polar surface area (TPSA) is 23.6 Å². The lowest BCUT2D eigenvalue weighted by molar-refractivity contribution is -0.126. The zero-order valence-electron chi connectivity index (χ0n) is 17.2. The molecule has 23 heavy (non-hydrogen) atoms. The number of aryl methyl sites for hydroxylation is 1. The van der Waals surface area contributed by atoms with E-state index >= 15 is 0 Å². The van der Waals surface area contributed by atoms with Gasteiger partial charge in [-0.3, -0.25) is 4.79 Å². The summed E-state index contributed by atoms with van der Waals surface area (Å²) in [6.45, 7) is 16.1. The van der Waals surface area contributed by atoms with E-state index in [2.05, 4.69) is 53.0 Å². The number of nitrogens with zero attached hydrogens (tertiary/aromatic N) is 2. The molecule has 3 nitrogen and oxygen atoms in total. The van der Waals surface area contributed by atoms with Gasteiger partial charge in [-0.05, 0) is 34.0 Å². The highest BCUT2D eigenvalue weighted by Crippen LogP contribution is 1.92. The summed E-state index contributed by atoms with van der Waals surface area (Å²) in [5, 5.41) is 0. The lowest BCUT2D eigenvalue weighted by Crippen LogP contribution is -2.17. The fourth-order valence-corrected chi connectivity index (χ4v) is 0.534. The minimum absolute atomic E-state index is 0.0926. The van der Waals surface area contributed by atoms with Gasteiger partial charge in [-0.2, -0.15) is 0 Å². The first-order chi connectivity index (χ1) is 10.5. The van der Waals surface area contributed by atoms with Crippen LogP contribution < -0.4 is 0 Å². The minimum atomic E-state index is 0.0926. The summed E-state index contributed by atoms with van der Waals surface area (Å²) >= 11 is 0. The van der Waals surface area contributed by atoms with Crippen LogP contribution in [0.5, 0.6) is 0 Å². The average molecular weight is 325 g/mol. The number of benzene rings is 1. The van der Waals surface area contributed by atoms with Crippen molar-refractivity contribution in [2.24, 2.45) is 5.92 Å². The third-order valence-electron chi connectivity index (χ3n) is 1.57. The molecule has 0 heterocycles. The number of carbonyl (C=O) groups excluding carboxylic acids is 1. The van der Waals surface area contributed by atoms with Gasteiger partial charge in [0.15, 0.2) is 0 Å². The van der Waals surface area contributed by atoms with E-state index in [0.717, 1.165) is 5.92 Å². The van der Waals surface area contributed by atoms with Crippen molar-refractivity contribution in [3.8, 4) is 0 Å². The van der Waals surface area contributed by atoms with E-state index in [1.54, 1.807) is 14.1 Å². The van der Waals surface area contributed by atoms with Crippen LogP contribution in [0.15, 0.2) is 43.5 Å². The van der Waals surface area contributed by atoms with Crippen LogP contribution in [0.1, 0.15) is 33.3 Å². The zero-order valence-corrected chi connectivity index (χ0v) is 17.2. The molecule has 0 aliphatic carbocycles. The molecular weight excluding hydrogens is 284 g/mol. The molecule has 1 rings (SSSR count). The van der Waals surface area contributed by atoms with Gasteiger partial charge in [-0.25, -0.2) is 0 Å². The Bertz CT molecular complexity index is 321. The zero-order chi connectivity index (χ0) is 19.4. The van der Waals surface area contributed by atoms with Gasteiger partial charge in [0.2, 0.25) is 5.91 Å². The molecule has 0 spiro atoms. The molecule has 136 valence electrons. The van der Waals surface area contributed by atoms with E-state index in [4.69, 9.17) is 0 Å². The van der Waals surface area contributed by atoms with Crippen LogP contribution in [0.25, 0.3) is 0 Å². The molecular formula is C20H40N2O. The molecule has 0 atom stereocenters. The molecule has 0 fully saturated rings. The second kappa shape index (κ2) is 22.7. The van der Waals surface area contributed by atoms with Crippen LogP contribution in [-0.2, 0) is 4.79 Å². The Morgan fingerprint density at radius 2 is 1.13 bits per heavy atom. The third kappa shape index (κ3) is 63.9. The Hall–Kier alpha value is -1.61. The molecule has 0 aliphatic heterocycles. The molecule has 0 aromatic heterocycles. The van der Waals surface area contributed by atoms with Crippen LogP contribution in [0.3, 0.4) is 0 Å². The van der Waals surface area contributed by atoms with Gasteiger partial charge in [0, 0.05) is 21.0 Å². The molecule has 1 aromatic carbocycles. The minimum Gasteiger partial charge on any atom is -0.349 e. The third-order valence-corrected chi connectivity index (χ3v) is 1.57. The fourth-order valence-electron chi connectivity index (χ4n) is 0.534. The van der Waals surface area contributed by atoms with Gasteiger partial charge >= 0.3 is 0 Å². The summed E-state index contributed by atoms with van der Waals surface area (Å²) < 4.78 is 0. The molecule has 3 heteroatoms. The van der Waals surface area contributed by atoms with E-state index in [9.17, 15) is 4.79 Å². The van der Waals surface area contributed by atoms with Gasteiger partial charge in [0.1, 0.15) is 0 Å². The maximum atomic E-state index is 10.1. The number of amides is 1. The first-order valence-corrected chi connectivity index (χ1v) is 7.81. The Balaban J connectivity index is -0.000000104. The summed E-state index contributed by atoms with van der Waals surface area (Å²) in [6, 6.07) is 10.3. The van der Waals surface area contributed by atoms with Gasteiger partial charge in [-0.1, -0.05) is 56.7 Å². The number of carbonyl (C=O) groups is 1. The van der Waals surface area contributed by atoms with Crippen LogP contribution in [-0.4, -0.2) is 50.9 Å². The highest BCUT2D eigenvalue weighted by atomic mass is 16.2. The van der Waals surface area contributed by atoms with Gasteiger partial charge < -0.3 is 9.80 Å². The molecule has 0 saturated heterocycles. The van der Waals surface area contributed by atoms with Gasteiger partial charge in [-0.15, -0.1) is 13.2 Å². The molecule has 1 aromatic rings. The van der Waals surface area contributed by atoms with Crippen molar-refractivity contribution in [2.75, 3.05) is 35.2 Å². The molecule has 0 N–H and O–H groups in total. The molecule has 0 saturated carbocycles. The summed E-state index contributed by atoms with van der Waals surface area (Å²) in [6.07, 6.45) is 0. The maximum Gasteiger partial charge on any atom is 0.218 e. The van der Waals surface area contributed by atoms with Gasteiger partial charge in [0.25, 0.3) is 0 Å². The SMILES string of the molecule is C=C.CC(=O)N(C)C.CC(C)C.CN(C)C.Cc1ccccc1. The van der Waals surface area contributed by atoms with Crippen LogP contribution in [0, 0.1) is 12.8 Å². The summed E-state index contributed by atoms with van der Waals surface area (Å²) in [5.41, 5.74) is 1.32.